The van der Waals surface area contributed by atoms with E-state index in [4.69, 9.17) is 16.6 Å². The fourth-order valence-electron chi connectivity index (χ4n) is 3.80. The first-order valence-corrected chi connectivity index (χ1v) is 11.4. The monoisotopic (exact) mass is 558 g/mol. The predicted octanol–water partition coefficient (Wildman–Crippen LogP) is 4.53. The first kappa shape index (κ1) is 25.9. The van der Waals surface area contributed by atoms with Crippen LogP contribution < -0.4 is 10.6 Å². The molecule has 0 bridgehead atoms. The minimum absolute atomic E-state index is 0. The topological polar surface area (TPSA) is 57.5 Å². The fraction of sp³-hybridized carbons (Fsp3) is 0.565. The highest BCUT2D eigenvalue weighted by Gasteiger charge is 2.20. The van der Waals surface area contributed by atoms with Crippen LogP contribution in [0.4, 0.5) is 0 Å². The number of aromatic nitrogens is 2. The second-order valence-corrected chi connectivity index (χ2v) is 8.84. The van der Waals surface area contributed by atoms with Gasteiger partial charge in [-0.3, -0.25) is 4.90 Å². The van der Waals surface area contributed by atoms with Crippen LogP contribution in [0.5, 0.6) is 0 Å². The number of rotatable bonds is 8. The molecule has 0 saturated carbocycles. The number of benzene rings is 1. The number of likely N-dealkylation sites (tertiary alicyclic amines) is 1. The van der Waals surface area contributed by atoms with Gasteiger partial charge in [0.05, 0.1) is 0 Å². The summed E-state index contributed by atoms with van der Waals surface area (Å²) in [4.78, 5) is 11.8. The molecule has 1 aliphatic heterocycles. The predicted molar refractivity (Wildman–Crippen MR) is 140 cm³/mol. The molecule has 0 atom stereocenters. The molecule has 8 heteroatoms. The zero-order valence-electron chi connectivity index (χ0n) is 18.9. The Morgan fingerprint density at radius 3 is 2.58 bits per heavy atom. The Hall–Kier alpha value is -1.32. The summed E-state index contributed by atoms with van der Waals surface area (Å²) in [7, 11) is 0. The molecule has 1 aromatic carbocycles. The van der Waals surface area contributed by atoms with Gasteiger partial charge in [0.2, 0.25) is 0 Å². The summed E-state index contributed by atoms with van der Waals surface area (Å²) in [5.41, 5.74) is 1.32. The molecule has 0 aliphatic carbocycles. The summed E-state index contributed by atoms with van der Waals surface area (Å²) in [6, 6.07) is 8.62. The molecule has 1 saturated heterocycles. The highest BCUT2D eigenvalue weighted by molar-refractivity contribution is 14.0. The lowest BCUT2D eigenvalue weighted by Crippen LogP contribution is -2.48. The average molecular weight is 559 g/mol. The van der Waals surface area contributed by atoms with E-state index < -0.39 is 0 Å². The largest absolute Gasteiger partial charge is 0.357 e. The van der Waals surface area contributed by atoms with E-state index in [0.717, 1.165) is 62.4 Å². The molecule has 172 valence electrons. The Kier molecular flexibility index (Phi) is 11.1. The van der Waals surface area contributed by atoms with Crippen LogP contribution >= 0.6 is 35.6 Å². The maximum absolute atomic E-state index is 5.99. The molecule has 1 aliphatic rings. The van der Waals surface area contributed by atoms with Gasteiger partial charge in [-0.25, -0.2) is 9.98 Å². The van der Waals surface area contributed by atoms with Gasteiger partial charge in [-0.05, 0) is 43.4 Å². The highest BCUT2D eigenvalue weighted by Crippen LogP contribution is 2.16. The van der Waals surface area contributed by atoms with Crippen LogP contribution in [0.1, 0.15) is 45.0 Å². The number of piperidine rings is 1. The van der Waals surface area contributed by atoms with Crippen molar-refractivity contribution < 1.29 is 0 Å². The zero-order chi connectivity index (χ0) is 21.3. The first-order chi connectivity index (χ1) is 14.5. The van der Waals surface area contributed by atoms with Gasteiger partial charge in [0.15, 0.2) is 5.96 Å². The molecule has 0 radical (unpaired) electrons. The van der Waals surface area contributed by atoms with E-state index in [-0.39, 0.29) is 24.0 Å². The molecule has 6 nitrogen and oxygen atoms in total. The Morgan fingerprint density at radius 1 is 1.23 bits per heavy atom. The normalized spacial score (nSPS) is 15.7. The lowest BCUT2D eigenvalue weighted by Gasteiger charge is -2.33. The molecule has 3 rings (SSSR count). The minimum Gasteiger partial charge on any atom is -0.357 e. The summed E-state index contributed by atoms with van der Waals surface area (Å²) in [5, 5.41) is 7.81. The number of hydrogen-bond acceptors (Lipinski definition) is 3. The van der Waals surface area contributed by atoms with E-state index in [0.29, 0.717) is 18.5 Å². The average Bonchev–Trinajstić information content (AvgIpc) is 3.16. The van der Waals surface area contributed by atoms with Crippen molar-refractivity contribution in [3.63, 3.8) is 0 Å². The Morgan fingerprint density at radius 2 is 1.94 bits per heavy atom. The summed E-state index contributed by atoms with van der Waals surface area (Å²) < 4.78 is 2.20. The lowest BCUT2D eigenvalue weighted by molar-refractivity contribution is 0.198. The van der Waals surface area contributed by atoms with E-state index >= 15 is 0 Å². The number of aliphatic imine (C=N–C) groups is 1. The third kappa shape index (κ3) is 8.61. The van der Waals surface area contributed by atoms with E-state index in [1.54, 1.807) is 0 Å². The van der Waals surface area contributed by atoms with Gasteiger partial charge in [0, 0.05) is 56.2 Å². The number of imidazole rings is 1. The van der Waals surface area contributed by atoms with Crippen LogP contribution in [0.25, 0.3) is 0 Å². The molecule has 0 unspecified atom stereocenters. The van der Waals surface area contributed by atoms with Crippen LogP contribution in [0.3, 0.4) is 0 Å². The summed E-state index contributed by atoms with van der Waals surface area (Å²) >= 11 is 5.99. The Bertz CT molecular complexity index is 797. The van der Waals surface area contributed by atoms with Gasteiger partial charge in [-0.15, -0.1) is 24.0 Å². The minimum atomic E-state index is 0. The third-order valence-electron chi connectivity index (χ3n) is 5.33. The second kappa shape index (κ2) is 13.3. The molecule has 0 spiro atoms. The van der Waals surface area contributed by atoms with E-state index in [2.05, 4.69) is 58.0 Å². The van der Waals surface area contributed by atoms with E-state index in [1.165, 1.54) is 5.56 Å². The number of nitrogens with one attached hydrogen (secondary N) is 2. The van der Waals surface area contributed by atoms with Gasteiger partial charge in [-0.1, -0.05) is 37.6 Å². The third-order valence-corrected chi connectivity index (χ3v) is 5.59. The molecule has 2 N–H and O–H groups in total. The van der Waals surface area contributed by atoms with Crippen molar-refractivity contribution in [2.75, 3.05) is 19.6 Å². The highest BCUT2D eigenvalue weighted by atomic mass is 127. The van der Waals surface area contributed by atoms with Gasteiger partial charge < -0.3 is 15.2 Å². The van der Waals surface area contributed by atoms with Crippen molar-refractivity contribution in [2.45, 2.75) is 59.3 Å². The molecule has 2 aromatic rings. The quantitative estimate of drug-likeness (QED) is 0.284. The van der Waals surface area contributed by atoms with Crippen molar-refractivity contribution in [3.8, 4) is 0 Å². The van der Waals surface area contributed by atoms with Gasteiger partial charge >= 0.3 is 0 Å². The van der Waals surface area contributed by atoms with Crippen molar-refractivity contribution in [3.05, 3.63) is 53.1 Å². The van der Waals surface area contributed by atoms with E-state index in [9.17, 15) is 0 Å². The molecular weight excluding hydrogens is 523 g/mol. The van der Waals surface area contributed by atoms with Crippen molar-refractivity contribution in [1.29, 1.82) is 0 Å². The summed E-state index contributed by atoms with van der Waals surface area (Å²) in [6.45, 7) is 12.1. The maximum Gasteiger partial charge on any atom is 0.191 e. The van der Waals surface area contributed by atoms with Crippen molar-refractivity contribution in [2.24, 2.45) is 10.9 Å². The van der Waals surface area contributed by atoms with Crippen molar-refractivity contribution in [1.82, 2.24) is 25.1 Å². The number of halogens is 2. The molecule has 1 fully saturated rings. The molecule has 1 aromatic heterocycles. The lowest BCUT2D eigenvalue weighted by atomic mass is 10.0. The van der Waals surface area contributed by atoms with Gasteiger partial charge in [0.25, 0.3) is 0 Å². The van der Waals surface area contributed by atoms with E-state index in [1.807, 2.05) is 24.5 Å². The summed E-state index contributed by atoms with van der Waals surface area (Å²) in [5.74, 6) is 2.48. The van der Waals surface area contributed by atoms with Crippen LogP contribution in [-0.4, -0.2) is 46.1 Å². The first-order valence-electron chi connectivity index (χ1n) is 11.0. The van der Waals surface area contributed by atoms with Crippen LogP contribution in [0, 0.1) is 5.92 Å². The van der Waals surface area contributed by atoms with Crippen LogP contribution in [-0.2, 0) is 19.6 Å². The maximum atomic E-state index is 5.99. The van der Waals surface area contributed by atoms with Gasteiger partial charge in [0.1, 0.15) is 12.4 Å². The molecular formula is C23H36ClIN6. The summed E-state index contributed by atoms with van der Waals surface area (Å²) in [6.07, 6.45) is 6.13. The Balaban J connectivity index is 0.00000341. The van der Waals surface area contributed by atoms with Crippen molar-refractivity contribution >= 4 is 41.5 Å². The van der Waals surface area contributed by atoms with Crippen LogP contribution in [0.2, 0.25) is 5.02 Å². The number of hydrogen-bond donors (Lipinski definition) is 2. The zero-order valence-corrected chi connectivity index (χ0v) is 21.9. The molecule has 2 heterocycles. The molecule has 0 amide bonds. The SMILES string of the molecule is CCNC(=NCc1nccn1CC(C)C)NC1CCN(Cc2ccc(Cl)cc2)CC1.I. The standard InChI is InChI=1S/C23H35ClN6.HI/c1-4-25-23(27-15-22-26-11-14-30(22)16-18(2)3)28-21-9-12-29(13-10-21)17-19-5-7-20(24)8-6-19;/h5-8,11,14,18,21H,4,9-10,12-13,15-17H2,1-3H3,(H2,25,27,28);1H. The second-order valence-electron chi connectivity index (χ2n) is 8.41. The van der Waals surface area contributed by atoms with Crippen LogP contribution in [0.15, 0.2) is 41.7 Å². The van der Waals surface area contributed by atoms with Gasteiger partial charge in [-0.2, -0.15) is 0 Å². The molecule has 31 heavy (non-hydrogen) atoms. The fourth-order valence-corrected chi connectivity index (χ4v) is 3.92. The smallest absolute Gasteiger partial charge is 0.191 e. The number of guanidine groups is 1. The Labute approximate surface area is 208 Å². The number of nitrogens with zero attached hydrogens (tertiary/aromatic N) is 4.